The number of hydrogen-bond donors (Lipinski definition) is 2. The summed E-state index contributed by atoms with van der Waals surface area (Å²) in [5.41, 5.74) is 0. The summed E-state index contributed by atoms with van der Waals surface area (Å²) in [4.78, 5) is 30.2. The first-order valence-corrected chi connectivity index (χ1v) is 11.8. The molecule has 28 heavy (non-hydrogen) atoms. The van der Waals surface area contributed by atoms with Crippen LogP contribution in [0.15, 0.2) is 10.4 Å². The van der Waals surface area contributed by atoms with Crippen molar-refractivity contribution in [3.05, 3.63) is 6.20 Å². The molecular formula is C19H29N3O4S2. The molecule has 1 aromatic rings. The number of aliphatic carboxylic acids is 1. The average molecular weight is 428 g/mol. The number of nitrogens with one attached hydrogen (secondary N) is 1. The molecule has 2 amide bonds. The molecule has 0 radical (unpaired) electrons. The molecule has 156 valence electrons. The Kier molecular flexibility index (Phi) is 7.99. The number of nitrogens with zero attached hydrogens (tertiary/aromatic N) is 2. The number of methoxy groups -OCH3 is 1. The molecule has 0 spiro atoms. The van der Waals surface area contributed by atoms with Crippen molar-refractivity contribution >= 4 is 40.2 Å². The number of thioether (sulfide) groups is 1. The zero-order valence-corrected chi connectivity index (χ0v) is 17.9. The summed E-state index contributed by atoms with van der Waals surface area (Å²) in [5.74, 6) is -0.869. The third-order valence-corrected chi connectivity index (χ3v) is 7.70. The molecule has 0 saturated heterocycles. The SMILES string of the molecule is COC1CCC(N(C(=O)Nc2ncc(SCC(=O)O)s2)C2CCCCC2)CC1. The van der Waals surface area contributed by atoms with E-state index in [0.29, 0.717) is 17.3 Å². The van der Waals surface area contributed by atoms with Crippen molar-refractivity contribution in [2.24, 2.45) is 0 Å². The van der Waals surface area contributed by atoms with E-state index in [0.717, 1.165) is 42.7 Å². The molecule has 2 saturated carbocycles. The molecule has 3 rings (SSSR count). The summed E-state index contributed by atoms with van der Waals surface area (Å²) in [6, 6.07) is 0.464. The van der Waals surface area contributed by atoms with E-state index in [4.69, 9.17) is 9.84 Å². The van der Waals surface area contributed by atoms with Crippen LogP contribution in [0.4, 0.5) is 9.93 Å². The van der Waals surface area contributed by atoms with E-state index >= 15 is 0 Å². The van der Waals surface area contributed by atoms with Gasteiger partial charge in [-0.05, 0) is 38.5 Å². The van der Waals surface area contributed by atoms with Gasteiger partial charge in [-0.3, -0.25) is 10.1 Å². The zero-order chi connectivity index (χ0) is 19.9. The number of amides is 2. The normalized spacial score (nSPS) is 23.3. The van der Waals surface area contributed by atoms with E-state index in [-0.39, 0.29) is 17.8 Å². The number of ether oxygens (including phenoxy) is 1. The van der Waals surface area contributed by atoms with Crippen LogP contribution < -0.4 is 5.32 Å². The molecule has 1 heterocycles. The first-order chi connectivity index (χ1) is 13.6. The number of urea groups is 1. The zero-order valence-electron chi connectivity index (χ0n) is 16.3. The van der Waals surface area contributed by atoms with Crippen molar-refractivity contribution in [2.45, 2.75) is 80.2 Å². The molecule has 0 aliphatic heterocycles. The monoisotopic (exact) mass is 427 g/mol. The Hall–Kier alpha value is -1.32. The molecule has 0 bridgehead atoms. The number of anilines is 1. The standard InChI is InChI=1S/C19H29N3O4S2/c1-26-15-9-7-14(8-10-15)22(13-5-3-2-4-6-13)19(25)21-18-20-11-17(28-18)27-12-16(23)24/h11,13-15H,2-10,12H2,1H3,(H,23,24)(H,20,21,25). The highest BCUT2D eigenvalue weighted by atomic mass is 32.2. The van der Waals surface area contributed by atoms with Gasteiger partial charge in [0, 0.05) is 19.2 Å². The van der Waals surface area contributed by atoms with Crippen molar-refractivity contribution in [3.8, 4) is 0 Å². The fourth-order valence-corrected chi connectivity index (χ4v) is 5.80. The second kappa shape index (κ2) is 10.5. The third kappa shape index (κ3) is 5.84. The van der Waals surface area contributed by atoms with Gasteiger partial charge >= 0.3 is 12.0 Å². The second-order valence-electron chi connectivity index (χ2n) is 7.46. The third-order valence-electron chi connectivity index (χ3n) is 5.61. The van der Waals surface area contributed by atoms with Gasteiger partial charge in [0.15, 0.2) is 5.13 Å². The van der Waals surface area contributed by atoms with Crippen molar-refractivity contribution in [2.75, 3.05) is 18.2 Å². The van der Waals surface area contributed by atoms with Crippen LogP contribution in [0.1, 0.15) is 57.8 Å². The molecule has 2 fully saturated rings. The van der Waals surface area contributed by atoms with Gasteiger partial charge in [-0.2, -0.15) is 0 Å². The number of carboxylic acids is 1. The Bertz CT molecular complexity index is 655. The number of thiazole rings is 1. The first-order valence-electron chi connectivity index (χ1n) is 9.99. The lowest BCUT2D eigenvalue weighted by atomic mass is 9.88. The Morgan fingerprint density at radius 3 is 2.54 bits per heavy atom. The quantitative estimate of drug-likeness (QED) is 0.625. The van der Waals surface area contributed by atoms with E-state index in [1.807, 2.05) is 0 Å². The summed E-state index contributed by atoms with van der Waals surface area (Å²) in [6.45, 7) is 0. The molecule has 2 aliphatic carbocycles. The highest BCUT2D eigenvalue weighted by Gasteiger charge is 2.34. The first kappa shape index (κ1) is 21.4. The smallest absolute Gasteiger partial charge is 0.324 e. The summed E-state index contributed by atoms with van der Waals surface area (Å²) >= 11 is 2.55. The molecule has 9 heteroatoms. The van der Waals surface area contributed by atoms with Crippen LogP contribution >= 0.6 is 23.1 Å². The predicted octanol–water partition coefficient (Wildman–Crippen LogP) is 4.44. The van der Waals surface area contributed by atoms with Gasteiger partial charge in [0.25, 0.3) is 0 Å². The molecule has 0 unspecified atom stereocenters. The van der Waals surface area contributed by atoms with Crippen LogP contribution in [-0.4, -0.2) is 58.0 Å². The molecule has 2 aliphatic rings. The Balaban J connectivity index is 1.65. The number of rotatable bonds is 7. The summed E-state index contributed by atoms with van der Waals surface area (Å²) < 4.78 is 6.29. The number of aromatic nitrogens is 1. The Labute approximate surface area is 174 Å². The minimum atomic E-state index is -0.862. The topological polar surface area (TPSA) is 91.8 Å². The maximum absolute atomic E-state index is 13.2. The van der Waals surface area contributed by atoms with Crippen LogP contribution in [0.25, 0.3) is 0 Å². The minimum absolute atomic E-state index is 0.00742. The number of carbonyl (C=O) groups excluding carboxylic acids is 1. The van der Waals surface area contributed by atoms with E-state index in [1.54, 1.807) is 13.3 Å². The number of hydrogen-bond acceptors (Lipinski definition) is 6. The van der Waals surface area contributed by atoms with Crippen molar-refractivity contribution in [3.63, 3.8) is 0 Å². The number of carboxylic acid groups (broad SMARTS) is 1. The second-order valence-corrected chi connectivity index (χ2v) is 9.77. The predicted molar refractivity (Wildman–Crippen MR) is 111 cm³/mol. The van der Waals surface area contributed by atoms with Gasteiger partial charge in [-0.25, -0.2) is 9.78 Å². The van der Waals surface area contributed by atoms with Crippen LogP contribution in [0.3, 0.4) is 0 Å². The molecule has 0 atom stereocenters. The lowest BCUT2D eigenvalue weighted by Crippen LogP contribution is -2.51. The molecule has 7 nitrogen and oxygen atoms in total. The van der Waals surface area contributed by atoms with Crippen LogP contribution in [-0.2, 0) is 9.53 Å². The van der Waals surface area contributed by atoms with E-state index in [9.17, 15) is 9.59 Å². The van der Waals surface area contributed by atoms with Gasteiger partial charge in [-0.15, -0.1) is 11.8 Å². The van der Waals surface area contributed by atoms with Crippen molar-refractivity contribution in [1.82, 2.24) is 9.88 Å². The highest BCUT2D eigenvalue weighted by Crippen LogP contribution is 2.33. The summed E-state index contributed by atoms with van der Waals surface area (Å²) in [7, 11) is 1.76. The Morgan fingerprint density at radius 2 is 1.89 bits per heavy atom. The lowest BCUT2D eigenvalue weighted by molar-refractivity contribution is -0.133. The maximum atomic E-state index is 13.2. The summed E-state index contributed by atoms with van der Waals surface area (Å²) in [5, 5.41) is 12.3. The number of carbonyl (C=O) groups is 2. The lowest BCUT2D eigenvalue weighted by Gasteiger charge is -2.42. The fourth-order valence-electron chi connectivity index (χ4n) is 4.22. The average Bonchev–Trinajstić information content (AvgIpc) is 3.15. The van der Waals surface area contributed by atoms with Gasteiger partial charge in [-0.1, -0.05) is 30.6 Å². The molecule has 1 aromatic heterocycles. The summed E-state index contributed by atoms with van der Waals surface area (Å²) in [6.07, 6.45) is 11.6. The van der Waals surface area contributed by atoms with E-state index in [2.05, 4.69) is 15.2 Å². The Morgan fingerprint density at radius 1 is 1.21 bits per heavy atom. The van der Waals surface area contributed by atoms with Crippen molar-refractivity contribution in [1.29, 1.82) is 0 Å². The van der Waals surface area contributed by atoms with E-state index < -0.39 is 5.97 Å². The van der Waals surface area contributed by atoms with Crippen LogP contribution in [0, 0.1) is 0 Å². The molecule has 2 N–H and O–H groups in total. The van der Waals surface area contributed by atoms with Gasteiger partial charge in [0.1, 0.15) is 0 Å². The molecule has 0 aromatic carbocycles. The van der Waals surface area contributed by atoms with Crippen molar-refractivity contribution < 1.29 is 19.4 Å². The van der Waals surface area contributed by atoms with E-state index in [1.165, 1.54) is 42.4 Å². The van der Waals surface area contributed by atoms with Crippen LogP contribution in [0.5, 0.6) is 0 Å². The van der Waals surface area contributed by atoms with Gasteiger partial charge in [0.05, 0.1) is 22.3 Å². The maximum Gasteiger partial charge on any atom is 0.324 e. The highest BCUT2D eigenvalue weighted by molar-refractivity contribution is 8.01. The van der Waals surface area contributed by atoms with Crippen LogP contribution in [0.2, 0.25) is 0 Å². The fraction of sp³-hybridized carbons (Fsp3) is 0.737. The minimum Gasteiger partial charge on any atom is -0.481 e. The van der Waals surface area contributed by atoms with Gasteiger partial charge in [0.2, 0.25) is 0 Å². The largest absolute Gasteiger partial charge is 0.481 e. The molecular weight excluding hydrogens is 398 g/mol. The van der Waals surface area contributed by atoms with Gasteiger partial charge < -0.3 is 14.7 Å².